The highest BCUT2D eigenvalue weighted by Crippen LogP contribution is 2.26. The molecule has 0 amide bonds. The zero-order chi connectivity index (χ0) is 22.3. The molecular formula is C23H32N6O2S. The van der Waals surface area contributed by atoms with E-state index < -0.39 is 0 Å². The zero-order valence-corrected chi connectivity index (χ0v) is 19.7. The van der Waals surface area contributed by atoms with Crippen LogP contribution in [0.25, 0.3) is 0 Å². The summed E-state index contributed by atoms with van der Waals surface area (Å²) in [5.74, 6) is 3.89. The van der Waals surface area contributed by atoms with Gasteiger partial charge in [0.05, 0.1) is 20.3 Å². The monoisotopic (exact) mass is 456 g/mol. The minimum absolute atomic E-state index is 0.498. The van der Waals surface area contributed by atoms with E-state index in [0.29, 0.717) is 36.7 Å². The van der Waals surface area contributed by atoms with E-state index in [0.717, 1.165) is 49.1 Å². The fourth-order valence-electron chi connectivity index (χ4n) is 4.06. The van der Waals surface area contributed by atoms with Gasteiger partial charge in [0, 0.05) is 38.8 Å². The van der Waals surface area contributed by atoms with E-state index >= 15 is 0 Å². The van der Waals surface area contributed by atoms with E-state index in [1.54, 1.807) is 7.11 Å². The number of methoxy groups -OCH3 is 1. The molecule has 1 aromatic heterocycles. The van der Waals surface area contributed by atoms with E-state index in [-0.39, 0.29) is 0 Å². The number of hydrogen-bond donors (Lipinski definition) is 2. The Morgan fingerprint density at radius 3 is 2.53 bits per heavy atom. The fraction of sp³-hybridized carbons (Fsp3) is 0.522. The topological polar surface area (TPSA) is 74.8 Å². The minimum atomic E-state index is 0.498. The van der Waals surface area contributed by atoms with Gasteiger partial charge in [0.1, 0.15) is 17.4 Å². The van der Waals surface area contributed by atoms with Crippen molar-refractivity contribution < 1.29 is 9.47 Å². The second-order valence-corrected chi connectivity index (χ2v) is 8.76. The summed E-state index contributed by atoms with van der Waals surface area (Å²) in [5.41, 5.74) is 1.11. The van der Waals surface area contributed by atoms with Gasteiger partial charge >= 0.3 is 0 Å². The molecule has 0 saturated carbocycles. The maximum atomic E-state index is 5.53. The van der Waals surface area contributed by atoms with Gasteiger partial charge in [-0.05, 0) is 48.7 Å². The molecule has 1 atom stereocenters. The van der Waals surface area contributed by atoms with Crippen molar-refractivity contribution in [2.24, 2.45) is 5.92 Å². The second-order valence-electron chi connectivity index (χ2n) is 8.36. The lowest BCUT2D eigenvalue weighted by Gasteiger charge is -2.33. The number of benzene rings is 1. The van der Waals surface area contributed by atoms with Gasteiger partial charge in [0.15, 0.2) is 5.11 Å². The molecule has 0 aliphatic carbocycles. The molecule has 3 heterocycles. The van der Waals surface area contributed by atoms with Gasteiger partial charge in [-0.2, -0.15) is 9.97 Å². The predicted molar refractivity (Wildman–Crippen MR) is 132 cm³/mol. The fourth-order valence-corrected chi connectivity index (χ4v) is 4.23. The molecule has 9 heteroatoms. The molecule has 0 unspecified atom stereocenters. The van der Waals surface area contributed by atoms with Crippen LogP contribution in [0.5, 0.6) is 5.75 Å². The van der Waals surface area contributed by atoms with Crippen molar-refractivity contribution >= 4 is 34.9 Å². The molecule has 2 fully saturated rings. The lowest BCUT2D eigenvalue weighted by atomic mass is 10.0. The molecule has 0 radical (unpaired) electrons. The van der Waals surface area contributed by atoms with Gasteiger partial charge in [-0.15, -0.1) is 0 Å². The zero-order valence-electron chi connectivity index (χ0n) is 18.8. The van der Waals surface area contributed by atoms with Crippen LogP contribution < -0.4 is 25.2 Å². The third-order valence-corrected chi connectivity index (χ3v) is 6.10. The van der Waals surface area contributed by atoms with Gasteiger partial charge in [-0.25, -0.2) is 0 Å². The highest BCUT2D eigenvalue weighted by Gasteiger charge is 2.21. The van der Waals surface area contributed by atoms with E-state index in [4.69, 9.17) is 31.7 Å². The summed E-state index contributed by atoms with van der Waals surface area (Å²) in [6, 6.07) is 10.0. The van der Waals surface area contributed by atoms with Crippen LogP contribution in [0.3, 0.4) is 0 Å². The largest absolute Gasteiger partial charge is 0.497 e. The number of thiocarbonyl (C=S) groups is 1. The molecule has 2 aliphatic heterocycles. The van der Waals surface area contributed by atoms with Crippen LogP contribution in [0.1, 0.15) is 25.3 Å². The second kappa shape index (κ2) is 10.8. The maximum absolute atomic E-state index is 5.53. The first-order valence-corrected chi connectivity index (χ1v) is 11.7. The quantitative estimate of drug-likeness (QED) is 0.638. The number of anilines is 3. The third-order valence-electron chi connectivity index (χ3n) is 5.85. The summed E-state index contributed by atoms with van der Waals surface area (Å²) in [4.78, 5) is 14.2. The van der Waals surface area contributed by atoms with Crippen LogP contribution in [0.2, 0.25) is 0 Å². The number of nitrogens with zero attached hydrogens (tertiary/aromatic N) is 4. The molecule has 0 spiro atoms. The lowest BCUT2D eigenvalue weighted by molar-refractivity contribution is 0.122. The predicted octanol–water partition coefficient (Wildman–Crippen LogP) is 3.04. The SMILES string of the molecule is COc1ccc(CNC(=S)Nc2nc(N3CCOCC3)cc(N3CCC[C@@H](C)C3)n2)cc1. The van der Waals surface area contributed by atoms with Crippen molar-refractivity contribution in [1.29, 1.82) is 0 Å². The Balaban J connectivity index is 1.46. The molecule has 32 heavy (non-hydrogen) atoms. The van der Waals surface area contributed by atoms with Crippen molar-refractivity contribution in [2.75, 3.05) is 61.6 Å². The van der Waals surface area contributed by atoms with E-state index in [2.05, 4.69) is 33.4 Å². The lowest BCUT2D eigenvalue weighted by Crippen LogP contribution is -2.38. The Morgan fingerprint density at radius 2 is 1.84 bits per heavy atom. The van der Waals surface area contributed by atoms with E-state index in [1.165, 1.54) is 12.8 Å². The van der Waals surface area contributed by atoms with E-state index in [1.807, 2.05) is 24.3 Å². The highest BCUT2D eigenvalue weighted by molar-refractivity contribution is 7.80. The molecule has 2 aliphatic rings. The number of piperidine rings is 1. The summed E-state index contributed by atoms with van der Waals surface area (Å²) >= 11 is 5.53. The maximum Gasteiger partial charge on any atom is 0.232 e. The van der Waals surface area contributed by atoms with Gasteiger partial charge in [0.2, 0.25) is 5.95 Å². The van der Waals surface area contributed by atoms with Crippen LogP contribution in [0.15, 0.2) is 30.3 Å². The van der Waals surface area contributed by atoms with Crippen molar-refractivity contribution in [2.45, 2.75) is 26.3 Å². The summed E-state index contributed by atoms with van der Waals surface area (Å²) in [6.45, 7) is 8.01. The van der Waals surface area contributed by atoms with Crippen LogP contribution in [-0.4, -0.2) is 61.6 Å². The average Bonchev–Trinajstić information content (AvgIpc) is 2.83. The number of morpholine rings is 1. The first kappa shape index (κ1) is 22.5. The average molecular weight is 457 g/mol. The third kappa shape index (κ3) is 5.98. The number of rotatable bonds is 6. The molecule has 1 aromatic carbocycles. The van der Waals surface area contributed by atoms with Crippen molar-refractivity contribution in [1.82, 2.24) is 15.3 Å². The van der Waals surface area contributed by atoms with Crippen molar-refractivity contribution in [3.63, 3.8) is 0 Å². The number of nitrogens with one attached hydrogen (secondary N) is 2. The number of hydrogen-bond acceptors (Lipinski definition) is 7. The Bertz CT molecular complexity index is 904. The van der Waals surface area contributed by atoms with Crippen molar-refractivity contribution in [3.05, 3.63) is 35.9 Å². The molecule has 0 bridgehead atoms. The Morgan fingerprint density at radius 1 is 1.12 bits per heavy atom. The minimum Gasteiger partial charge on any atom is -0.497 e. The van der Waals surface area contributed by atoms with Crippen molar-refractivity contribution in [3.8, 4) is 5.75 Å². The normalized spacial score (nSPS) is 18.9. The summed E-state index contributed by atoms with van der Waals surface area (Å²) < 4.78 is 10.7. The van der Waals surface area contributed by atoms with E-state index in [9.17, 15) is 0 Å². The standard InChI is InChI=1S/C23H32N6O2S/c1-17-4-3-9-29(16-17)21-14-20(28-10-12-31-13-11-28)25-22(26-21)27-23(32)24-15-18-5-7-19(30-2)8-6-18/h5-8,14,17H,3-4,9-13,15-16H2,1-2H3,(H2,24,25,26,27,32)/t17-/m1/s1. The molecule has 4 rings (SSSR count). The highest BCUT2D eigenvalue weighted by atomic mass is 32.1. The molecular weight excluding hydrogens is 424 g/mol. The van der Waals surface area contributed by atoms with Gasteiger partial charge in [-0.1, -0.05) is 19.1 Å². The first-order chi connectivity index (χ1) is 15.6. The summed E-state index contributed by atoms with van der Waals surface area (Å²) in [6.07, 6.45) is 2.45. The van der Waals surface area contributed by atoms with Gasteiger partial charge in [0.25, 0.3) is 0 Å². The van der Waals surface area contributed by atoms with Gasteiger partial charge < -0.3 is 29.9 Å². The summed E-state index contributed by atoms with van der Waals surface area (Å²) in [5, 5.41) is 6.93. The van der Waals surface area contributed by atoms with Crippen LogP contribution in [-0.2, 0) is 11.3 Å². The summed E-state index contributed by atoms with van der Waals surface area (Å²) in [7, 11) is 1.66. The molecule has 172 valence electrons. The molecule has 2 aromatic rings. The smallest absolute Gasteiger partial charge is 0.232 e. The van der Waals surface area contributed by atoms with Crippen LogP contribution in [0, 0.1) is 5.92 Å². The molecule has 2 N–H and O–H groups in total. The van der Waals surface area contributed by atoms with Crippen LogP contribution >= 0.6 is 12.2 Å². The van der Waals surface area contributed by atoms with Crippen LogP contribution in [0.4, 0.5) is 17.6 Å². The molecule has 2 saturated heterocycles. The Labute approximate surface area is 195 Å². The Kier molecular flexibility index (Phi) is 7.59. The first-order valence-electron chi connectivity index (χ1n) is 11.3. The van der Waals surface area contributed by atoms with Gasteiger partial charge in [-0.3, -0.25) is 0 Å². The Hall–Kier alpha value is -2.65. The molecule has 8 nitrogen and oxygen atoms in total. The number of aromatic nitrogens is 2. The number of ether oxygens (including phenoxy) is 2.